The van der Waals surface area contributed by atoms with Crippen LogP contribution in [0.5, 0.6) is 0 Å². The summed E-state index contributed by atoms with van der Waals surface area (Å²) < 4.78 is 29.1. The molecule has 1 atom stereocenters. The maximum Gasteiger partial charge on any atom is 0.276 e. The summed E-state index contributed by atoms with van der Waals surface area (Å²) in [7, 11) is -3.59. The van der Waals surface area contributed by atoms with E-state index in [2.05, 4.69) is 10.3 Å². The number of amides is 1. The molecule has 1 aromatic heterocycles. The highest BCUT2D eigenvalue weighted by molar-refractivity contribution is 7.89. The van der Waals surface area contributed by atoms with Crippen LogP contribution in [0.1, 0.15) is 36.2 Å². The molecular weight excluding hydrogens is 414 g/mol. The number of rotatable bonds is 5. The van der Waals surface area contributed by atoms with Crippen molar-refractivity contribution in [2.75, 3.05) is 26.2 Å². The Balaban J connectivity index is 1.42. The van der Waals surface area contributed by atoms with Crippen LogP contribution in [0.3, 0.4) is 0 Å². The van der Waals surface area contributed by atoms with E-state index in [1.165, 1.54) is 10.4 Å². The topological polar surface area (TPSA) is 88.4 Å². The molecule has 2 aliphatic heterocycles. The third-order valence-corrected chi connectivity index (χ3v) is 7.61. The van der Waals surface area contributed by atoms with Crippen molar-refractivity contribution in [1.82, 2.24) is 24.2 Å². The molecule has 8 nitrogen and oxygen atoms in total. The van der Waals surface area contributed by atoms with Crippen molar-refractivity contribution in [3.63, 3.8) is 0 Å². The van der Waals surface area contributed by atoms with Crippen LogP contribution in [-0.4, -0.2) is 64.7 Å². The zero-order valence-corrected chi connectivity index (χ0v) is 17.6. The third kappa shape index (κ3) is 4.46. The van der Waals surface area contributed by atoms with Crippen LogP contribution >= 0.6 is 11.6 Å². The lowest BCUT2D eigenvalue weighted by Gasteiger charge is -2.31. The van der Waals surface area contributed by atoms with E-state index in [0.29, 0.717) is 30.4 Å². The van der Waals surface area contributed by atoms with Gasteiger partial charge in [-0.05, 0) is 49.8 Å². The minimum absolute atomic E-state index is 0.0810. The van der Waals surface area contributed by atoms with Gasteiger partial charge in [0.05, 0.1) is 11.1 Å². The summed E-state index contributed by atoms with van der Waals surface area (Å²) in [6.07, 6.45) is 5.40. The number of aromatic nitrogens is 3. The maximum absolute atomic E-state index is 13.0. The average Bonchev–Trinajstić information content (AvgIpc) is 3.40. The molecular formula is C19H24ClN5O3S. The highest BCUT2D eigenvalue weighted by Crippen LogP contribution is 2.26. The van der Waals surface area contributed by atoms with Crippen LogP contribution in [0, 0.1) is 5.92 Å². The molecule has 1 aromatic carbocycles. The molecule has 0 unspecified atom stereocenters. The van der Waals surface area contributed by atoms with E-state index in [9.17, 15) is 13.2 Å². The van der Waals surface area contributed by atoms with E-state index in [4.69, 9.17) is 11.6 Å². The van der Waals surface area contributed by atoms with Crippen molar-refractivity contribution in [1.29, 1.82) is 0 Å². The molecule has 4 rings (SSSR count). The molecule has 3 heterocycles. The zero-order valence-electron chi connectivity index (χ0n) is 16.1. The standard InChI is InChI=1S/C19H24ClN5O3S/c20-16-6-3-7-17(11-16)29(27,28)25-10-4-5-15(13-25)12-24-14-18(21-22-24)19(26)23-8-1-2-9-23/h3,6-7,11,14-15H,1-2,4-5,8-10,12-13H2/t15-/m0/s1. The molecule has 1 amide bonds. The van der Waals surface area contributed by atoms with E-state index < -0.39 is 10.0 Å². The molecule has 0 spiro atoms. The molecule has 156 valence electrons. The van der Waals surface area contributed by atoms with Gasteiger partial charge in [0.15, 0.2) is 5.69 Å². The molecule has 2 aromatic rings. The maximum atomic E-state index is 13.0. The number of carbonyl (C=O) groups excluding carboxylic acids is 1. The Hall–Kier alpha value is -1.97. The van der Waals surface area contributed by atoms with E-state index >= 15 is 0 Å². The smallest absolute Gasteiger partial charge is 0.276 e. The van der Waals surface area contributed by atoms with Crippen molar-refractivity contribution < 1.29 is 13.2 Å². The lowest BCUT2D eigenvalue weighted by atomic mass is 10.00. The van der Waals surface area contributed by atoms with Gasteiger partial charge < -0.3 is 4.90 Å². The highest BCUT2D eigenvalue weighted by Gasteiger charge is 2.31. The van der Waals surface area contributed by atoms with Crippen molar-refractivity contribution in [2.24, 2.45) is 5.92 Å². The van der Waals surface area contributed by atoms with E-state index in [1.54, 1.807) is 34.0 Å². The normalized spacial score (nSPS) is 20.9. The summed E-state index contributed by atoms with van der Waals surface area (Å²) in [6.45, 7) is 2.96. The lowest BCUT2D eigenvalue weighted by Crippen LogP contribution is -2.41. The fraction of sp³-hybridized carbons (Fsp3) is 0.526. The number of hydrogen-bond acceptors (Lipinski definition) is 5. The second-order valence-electron chi connectivity index (χ2n) is 7.65. The Bertz CT molecular complexity index is 987. The van der Waals surface area contributed by atoms with Gasteiger partial charge in [-0.15, -0.1) is 5.10 Å². The third-order valence-electron chi connectivity index (χ3n) is 5.51. The minimum atomic E-state index is -3.59. The fourth-order valence-electron chi connectivity index (χ4n) is 4.00. The molecule has 0 radical (unpaired) electrons. The number of halogens is 1. The number of nitrogens with zero attached hydrogens (tertiary/aromatic N) is 5. The van der Waals surface area contributed by atoms with Gasteiger partial charge >= 0.3 is 0 Å². The molecule has 0 bridgehead atoms. The molecule has 10 heteroatoms. The molecule has 0 saturated carbocycles. The largest absolute Gasteiger partial charge is 0.337 e. The first-order valence-corrected chi connectivity index (χ1v) is 11.7. The van der Waals surface area contributed by atoms with Gasteiger partial charge in [-0.2, -0.15) is 4.31 Å². The first-order valence-electron chi connectivity index (χ1n) is 9.88. The van der Waals surface area contributed by atoms with Gasteiger partial charge in [0, 0.05) is 37.7 Å². The van der Waals surface area contributed by atoms with E-state index in [-0.39, 0.29) is 16.7 Å². The van der Waals surface area contributed by atoms with Crippen molar-refractivity contribution >= 4 is 27.5 Å². The molecule has 29 heavy (non-hydrogen) atoms. The predicted octanol–water partition coefficient (Wildman–Crippen LogP) is 2.27. The number of piperidine rings is 1. The number of sulfonamides is 1. The van der Waals surface area contributed by atoms with Crippen molar-refractivity contribution in [2.45, 2.75) is 37.1 Å². The predicted molar refractivity (Wildman–Crippen MR) is 108 cm³/mol. The molecule has 0 aliphatic carbocycles. The first-order chi connectivity index (χ1) is 13.9. The van der Waals surface area contributed by atoms with Crippen LogP contribution in [0.15, 0.2) is 35.4 Å². The second kappa shape index (κ2) is 8.41. The number of likely N-dealkylation sites (tertiary alicyclic amines) is 1. The minimum Gasteiger partial charge on any atom is -0.337 e. The Morgan fingerprint density at radius 3 is 2.72 bits per heavy atom. The van der Waals surface area contributed by atoms with Gasteiger partial charge in [-0.25, -0.2) is 8.42 Å². The Morgan fingerprint density at radius 2 is 1.97 bits per heavy atom. The SMILES string of the molecule is O=C(c1cn(C[C@@H]2CCCN(S(=O)(=O)c3cccc(Cl)c3)C2)nn1)N1CCCC1. The van der Waals surface area contributed by atoms with E-state index in [0.717, 1.165) is 38.8 Å². The van der Waals surface area contributed by atoms with Crippen molar-refractivity contribution in [3.8, 4) is 0 Å². The number of hydrogen-bond donors (Lipinski definition) is 0. The van der Waals surface area contributed by atoms with Crippen LogP contribution in [0.2, 0.25) is 5.02 Å². The zero-order chi connectivity index (χ0) is 20.4. The summed E-state index contributed by atoms with van der Waals surface area (Å²) in [5, 5.41) is 8.52. The van der Waals surface area contributed by atoms with Crippen LogP contribution in [0.4, 0.5) is 0 Å². The second-order valence-corrected chi connectivity index (χ2v) is 10.0. The number of carbonyl (C=O) groups is 1. The summed E-state index contributed by atoms with van der Waals surface area (Å²) in [5.41, 5.74) is 0.353. The summed E-state index contributed by atoms with van der Waals surface area (Å²) in [5.74, 6) is 0.0247. The van der Waals surface area contributed by atoms with E-state index in [1.807, 2.05) is 0 Å². The monoisotopic (exact) mass is 437 g/mol. The molecule has 2 aliphatic rings. The quantitative estimate of drug-likeness (QED) is 0.715. The van der Waals surface area contributed by atoms with Gasteiger partial charge in [0.25, 0.3) is 5.91 Å². The molecule has 0 N–H and O–H groups in total. The summed E-state index contributed by atoms with van der Waals surface area (Å²) in [6, 6.07) is 6.35. The first kappa shape index (κ1) is 20.3. The summed E-state index contributed by atoms with van der Waals surface area (Å²) in [4.78, 5) is 14.4. The summed E-state index contributed by atoms with van der Waals surface area (Å²) >= 11 is 5.97. The van der Waals surface area contributed by atoms with Gasteiger partial charge in [-0.1, -0.05) is 22.9 Å². The van der Waals surface area contributed by atoms with Crippen LogP contribution in [0.25, 0.3) is 0 Å². The Kier molecular flexibility index (Phi) is 5.89. The lowest BCUT2D eigenvalue weighted by molar-refractivity contribution is 0.0787. The molecule has 2 saturated heterocycles. The van der Waals surface area contributed by atoms with Crippen LogP contribution in [-0.2, 0) is 16.6 Å². The van der Waals surface area contributed by atoms with Gasteiger partial charge in [0.2, 0.25) is 10.0 Å². The van der Waals surface area contributed by atoms with Gasteiger partial charge in [-0.3, -0.25) is 9.48 Å². The van der Waals surface area contributed by atoms with Gasteiger partial charge in [0.1, 0.15) is 0 Å². The Morgan fingerprint density at radius 1 is 1.17 bits per heavy atom. The fourth-order valence-corrected chi connectivity index (χ4v) is 5.86. The Labute approximate surface area is 175 Å². The highest BCUT2D eigenvalue weighted by atomic mass is 35.5. The van der Waals surface area contributed by atoms with Crippen LogP contribution < -0.4 is 0 Å². The number of benzene rings is 1. The average molecular weight is 438 g/mol. The molecule has 2 fully saturated rings. The van der Waals surface area contributed by atoms with Crippen molar-refractivity contribution in [3.05, 3.63) is 41.2 Å².